The molecule has 144 valence electrons. The number of fused-ring (bicyclic) bond motifs is 1. The minimum atomic E-state index is -0.753. The van der Waals surface area contributed by atoms with E-state index in [0.717, 1.165) is 5.56 Å². The molecule has 3 aromatic rings. The Balaban J connectivity index is 1.35. The molecule has 1 aromatic heterocycles. The number of ether oxygens (including phenoxy) is 2. The van der Waals surface area contributed by atoms with Crippen molar-refractivity contribution in [3.05, 3.63) is 58.1 Å². The van der Waals surface area contributed by atoms with E-state index in [-0.39, 0.29) is 12.5 Å². The van der Waals surface area contributed by atoms with Crippen LogP contribution in [0.1, 0.15) is 5.56 Å². The Morgan fingerprint density at radius 3 is 2.68 bits per heavy atom. The molecule has 0 fully saturated rings. The molecule has 1 aliphatic heterocycles. The standard InChI is InChI=1S/C18H13Cl2N3O3S2/c19-11-4-3-5-12(20)10(11)9-27-18-23-22-17(28-18)21-16(24)15-8-25-13-6-1-2-7-14(13)26-15/h1-7,15H,8-9H2,(H,21,22,24). The molecule has 6 nitrogen and oxygen atoms in total. The molecule has 1 aliphatic rings. The number of halogens is 2. The highest BCUT2D eigenvalue weighted by molar-refractivity contribution is 8.00. The van der Waals surface area contributed by atoms with E-state index < -0.39 is 6.10 Å². The summed E-state index contributed by atoms with van der Waals surface area (Å²) < 4.78 is 11.9. The van der Waals surface area contributed by atoms with Crippen LogP contribution in [0, 0.1) is 0 Å². The number of hydrogen-bond donors (Lipinski definition) is 1. The van der Waals surface area contributed by atoms with E-state index >= 15 is 0 Å². The zero-order chi connectivity index (χ0) is 19.5. The fourth-order valence-electron chi connectivity index (χ4n) is 2.46. The van der Waals surface area contributed by atoms with E-state index in [1.165, 1.54) is 23.1 Å². The van der Waals surface area contributed by atoms with Crippen molar-refractivity contribution in [2.75, 3.05) is 11.9 Å². The van der Waals surface area contributed by atoms with E-state index in [9.17, 15) is 4.79 Å². The molecule has 1 atom stereocenters. The smallest absolute Gasteiger partial charge is 0.270 e. The summed E-state index contributed by atoms with van der Waals surface area (Å²) in [6.07, 6.45) is -0.753. The van der Waals surface area contributed by atoms with Gasteiger partial charge in [-0.15, -0.1) is 10.2 Å². The van der Waals surface area contributed by atoms with Gasteiger partial charge in [0.15, 0.2) is 15.8 Å². The van der Waals surface area contributed by atoms with Crippen molar-refractivity contribution in [3.63, 3.8) is 0 Å². The van der Waals surface area contributed by atoms with Gasteiger partial charge in [0.05, 0.1) is 0 Å². The summed E-state index contributed by atoms with van der Waals surface area (Å²) in [6, 6.07) is 12.6. The number of hydrogen-bond acceptors (Lipinski definition) is 7. The Kier molecular flexibility index (Phi) is 5.91. The van der Waals surface area contributed by atoms with Crippen LogP contribution in [0.3, 0.4) is 0 Å². The summed E-state index contributed by atoms with van der Waals surface area (Å²) in [7, 11) is 0. The van der Waals surface area contributed by atoms with Gasteiger partial charge >= 0.3 is 0 Å². The summed E-state index contributed by atoms with van der Waals surface area (Å²) in [5.74, 6) is 1.38. The molecule has 1 N–H and O–H groups in total. The van der Waals surface area contributed by atoms with Crippen LogP contribution in [-0.2, 0) is 10.5 Å². The Morgan fingerprint density at radius 2 is 1.89 bits per heavy atom. The van der Waals surface area contributed by atoms with Crippen molar-refractivity contribution < 1.29 is 14.3 Å². The first-order valence-electron chi connectivity index (χ1n) is 8.18. The average Bonchev–Trinajstić information content (AvgIpc) is 3.14. The van der Waals surface area contributed by atoms with Crippen molar-refractivity contribution in [2.45, 2.75) is 16.2 Å². The number of aromatic nitrogens is 2. The second kappa shape index (κ2) is 8.57. The molecular formula is C18H13Cl2N3O3S2. The minimum Gasteiger partial charge on any atom is -0.485 e. The molecule has 0 aliphatic carbocycles. The summed E-state index contributed by atoms with van der Waals surface area (Å²) in [6.45, 7) is 0.133. The van der Waals surface area contributed by atoms with Crippen LogP contribution in [0.2, 0.25) is 10.0 Å². The highest BCUT2D eigenvalue weighted by Gasteiger charge is 2.28. The van der Waals surface area contributed by atoms with Gasteiger partial charge in [0.25, 0.3) is 5.91 Å². The van der Waals surface area contributed by atoms with Crippen LogP contribution in [0.4, 0.5) is 5.13 Å². The Hall–Kier alpha value is -2.00. The van der Waals surface area contributed by atoms with Gasteiger partial charge in [-0.2, -0.15) is 0 Å². The van der Waals surface area contributed by atoms with Crippen LogP contribution in [0.5, 0.6) is 11.5 Å². The highest BCUT2D eigenvalue weighted by Crippen LogP contribution is 2.34. The molecule has 10 heteroatoms. The zero-order valence-electron chi connectivity index (χ0n) is 14.2. The van der Waals surface area contributed by atoms with Crippen LogP contribution in [0.15, 0.2) is 46.8 Å². The second-order valence-corrected chi connectivity index (χ2v) is 8.73. The SMILES string of the molecule is O=C(Nc1nnc(SCc2c(Cl)cccc2Cl)s1)C1COc2ccccc2O1. The first kappa shape index (κ1) is 19.3. The number of benzene rings is 2. The van der Waals surface area contributed by atoms with Crippen molar-refractivity contribution in [3.8, 4) is 11.5 Å². The normalized spacial score (nSPS) is 15.3. The number of para-hydroxylation sites is 2. The Bertz CT molecular complexity index is 995. The number of carbonyl (C=O) groups is 1. The summed E-state index contributed by atoms with van der Waals surface area (Å²) in [5.41, 5.74) is 0.836. The van der Waals surface area contributed by atoms with Gasteiger partial charge < -0.3 is 9.47 Å². The van der Waals surface area contributed by atoms with Gasteiger partial charge in [-0.1, -0.05) is 64.5 Å². The summed E-state index contributed by atoms with van der Waals surface area (Å²) in [4.78, 5) is 12.4. The molecule has 1 unspecified atom stereocenters. The van der Waals surface area contributed by atoms with Gasteiger partial charge in [0.2, 0.25) is 11.2 Å². The largest absolute Gasteiger partial charge is 0.485 e. The summed E-state index contributed by atoms with van der Waals surface area (Å²) in [5, 5.41) is 12.4. The molecule has 2 aromatic carbocycles. The number of amides is 1. The summed E-state index contributed by atoms with van der Waals surface area (Å²) >= 11 is 15.1. The molecule has 1 amide bonds. The quantitative estimate of drug-likeness (QED) is 0.436. The molecule has 0 saturated carbocycles. The van der Waals surface area contributed by atoms with Gasteiger partial charge in [0, 0.05) is 15.8 Å². The van der Waals surface area contributed by atoms with Crippen LogP contribution in [-0.4, -0.2) is 28.8 Å². The maximum absolute atomic E-state index is 12.4. The predicted octanol–water partition coefficient (Wildman–Crippen LogP) is 4.92. The minimum absolute atomic E-state index is 0.133. The number of nitrogens with one attached hydrogen (secondary N) is 1. The van der Waals surface area contributed by atoms with Gasteiger partial charge in [-0.3, -0.25) is 10.1 Å². The van der Waals surface area contributed by atoms with Crippen LogP contribution < -0.4 is 14.8 Å². The van der Waals surface area contributed by atoms with E-state index in [1.807, 2.05) is 12.1 Å². The molecule has 0 saturated heterocycles. The number of nitrogens with zero attached hydrogens (tertiary/aromatic N) is 2. The Morgan fingerprint density at radius 1 is 1.14 bits per heavy atom. The molecule has 4 rings (SSSR count). The zero-order valence-corrected chi connectivity index (χ0v) is 17.4. The number of anilines is 1. The van der Waals surface area contributed by atoms with E-state index in [1.54, 1.807) is 30.3 Å². The van der Waals surface area contributed by atoms with Crippen LogP contribution in [0.25, 0.3) is 0 Å². The average molecular weight is 454 g/mol. The molecular weight excluding hydrogens is 441 g/mol. The van der Waals surface area contributed by atoms with Gasteiger partial charge in [-0.25, -0.2) is 0 Å². The maximum Gasteiger partial charge on any atom is 0.270 e. The lowest BCUT2D eigenvalue weighted by Gasteiger charge is -2.25. The third-order valence-electron chi connectivity index (χ3n) is 3.84. The van der Waals surface area contributed by atoms with Crippen molar-refractivity contribution in [1.82, 2.24) is 10.2 Å². The topological polar surface area (TPSA) is 73.3 Å². The lowest BCUT2D eigenvalue weighted by Crippen LogP contribution is -2.40. The second-order valence-electron chi connectivity index (χ2n) is 5.72. The lowest BCUT2D eigenvalue weighted by atomic mass is 10.2. The predicted molar refractivity (Wildman–Crippen MR) is 111 cm³/mol. The number of thioether (sulfide) groups is 1. The first-order valence-corrected chi connectivity index (χ1v) is 10.7. The van der Waals surface area contributed by atoms with E-state index in [0.29, 0.717) is 36.8 Å². The number of rotatable bonds is 5. The lowest BCUT2D eigenvalue weighted by molar-refractivity contribution is -0.125. The third-order valence-corrected chi connectivity index (χ3v) is 6.55. The fraction of sp³-hybridized carbons (Fsp3) is 0.167. The van der Waals surface area contributed by atoms with Crippen molar-refractivity contribution in [1.29, 1.82) is 0 Å². The van der Waals surface area contributed by atoms with E-state index in [4.69, 9.17) is 32.7 Å². The third kappa shape index (κ3) is 4.35. The number of carbonyl (C=O) groups excluding carboxylic acids is 1. The van der Waals surface area contributed by atoms with Gasteiger partial charge in [0.1, 0.15) is 6.61 Å². The highest BCUT2D eigenvalue weighted by atomic mass is 35.5. The monoisotopic (exact) mass is 453 g/mol. The van der Waals surface area contributed by atoms with Crippen molar-refractivity contribution in [2.24, 2.45) is 0 Å². The van der Waals surface area contributed by atoms with Crippen molar-refractivity contribution >= 4 is 57.3 Å². The maximum atomic E-state index is 12.4. The van der Waals surface area contributed by atoms with Crippen LogP contribution >= 0.6 is 46.3 Å². The molecule has 0 spiro atoms. The Labute approximate surface area is 179 Å². The molecule has 2 heterocycles. The first-order chi connectivity index (χ1) is 13.6. The molecule has 0 bridgehead atoms. The van der Waals surface area contributed by atoms with Gasteiger partial charge in [-0.05, 0) is 29.8 Å². The molecule has 0 radical (unpaired) electrons. The molecule has 28 heavy (non-hydrogen) atoms. The van der Waals surface area contributed by atoms with E-state index in [2.05, 4.69) is 15.5 Å². The fourth-order valence-corrected chi connectivity index (χ4v) is 4.95.